The Kier molecular flexibility index (Phi) is 8.70. The van der Waals surface area contributed by atoms with Gasteiger partial charge in [-0.05, 0) is 54.8 Å². The maximum Gasteiger partial charge on any atom is 0.240 e. The van der Waals surface area contributed by atoms with Crippen LogP contribution in [0.4, 0.5) is 5.69 Å². The molecule has 0 bridgehead atoms. The number of aryl methyl sites for hydroxylation is 2. The van der Waals surface area contributed by atoms with Gasteiger partial charge in [-0.15, -0.1) is 0 Å². The van der Waals surface area contributed by atoms with Gasteiger partial charge in [-0.3, -0.25) is 9.10 Å². The molecule has 0 heterocycles. The van der Waals surface area contributed by atoms with Crippen LogP contribution in [0.15, 0.2) is 36.4 Å². The van der Waals surface area contributed by atoms with E-state index in [0.717, 1.165) is 27.3 Å². The second kappa shape index (κ2) is 10.6. The number of thioether (sulfide) groups is 1. The SMILES string of the molecule is Cc1cc(C)cc(N(CC(=O)NCCSCc2ccc(Cl)cc2Cl)S(C)(=O)=O)c1. The summed E-state index contributed by atoms with van der Waals surface area (Å²) in [5.74, 6) is 1.02. The summed E-state index contributed by atoms with van der Waals surface area (Å²) in [6, 6.07) is 10.8. The van der Waals surface area contributed by atoms with Crippen molar-refractivity contribution in [1.82, 2.24) is 5.32 Å². The van der Waals surface area contributed by atoms with E-state index >= 15 is 0 Å². The lowest BCUT2D eigenvalue weighted by atomic mass is 10.1. The summed E-state index contributed by atoms with van der Waals surface area (Å²) in [7, 11) is -3.58. The van der Waals surface area contributed by atoms with Gasteiger partial charge in [-0.2, -0.15) is 11.8 Å². The Hall–Kier alpha value is -1.41. The Balaban J connectivity index is 1.87. The molecule has 0 aromatic heterocycles. The Morgan fingerprint density at radius 1 is 1.10 bits per heavy atom. The van der Waals surface area contributed by atoms with E-state index in [4.69, 9.17) is 23.2 Å². The summed E-state index contributed by atoms with van der Waals surface area (Å²) in [5.41, 5.74) is 3.34. The first kappa shape index (κ1) is 23.9. The molecule has 1 amide bonds. The van der Waals surface area contributed by atoms with Crippen molar-refractivity contribution < 1.29 is 13.2 Å². The number of halogens is 2. The van der Waals surface area contributed by atoms with Crippen LogP contribution in [0.2, 0.25) is 10.0 Å². The molecule has 29 heavy (non-hydrogen) atoms. The summed E-state index contributed by atoms with van der Waals surface area (Å²) in [4.78, 5) is 12.3. The number of hydrogen-bond acceptors (Lipinski definition) is 4. The minimum Gasteiger partial charge on any atom is -0.354 e. The topological polar surface area (TPSA) is 66.5 Å². The van der Waals surface area contributed by atoms with Crippen molar-refractivity contribution in [1.29, 1.82) is 0 Å². The highest BCUT2D eigenvalue weighted by molar-refractivity contribution is 7.98. The second-order valence-corrected chi connectivity index (χ2v) is 10.6. The number of sulfonamides is 1. The second-order valence-electron chi connectivity index (χ2n) is 6.75. The fourth-order valence-electron chi connectivity index (χ4n) is 2.76. The van der Waals surface area contributed by atoms with Crippen molar-refractivity contribution in [3.8, 4) is 0 Å². The van der Waals surface area contributed by atoms with Crippen LogP contribution in [0.25, 0.3) is 0 Å². The first-order valence-corrected chi connectivity index (χ1v) is 12.7. The molecule has 1 N–H and O–H groups in total. The first-order chi connectivity index (χ1) is 13.6. The van der Waals surface area contributed by atoms with Crippen molar-refractivity contribution >= 4 is 56.6 Å². The van der Waals surface area contributed by atoms with Crippen LogP contribution in [0, 0.1) is 13.8 Å². The Labute approximate surface area is 186 Å². The fourth-order valence-corrected chi connectivity index (χ4v) is 5.02. The molecule has 0 aliphatic rings. The van der Waals surface area contributed by atoms with Crippen LogP contribution in [-0.4, -0.2) is 39.4 Å². The molecule has 2 rings (SSSR count). The third-order valence-corrected chi connectivity index (χ3v) is 6.76. The lowest BCUT2D eigenvalue weighted by molar-refractivity contribution is -0.119. The van der Waals surface area contributed by atoms with Crippen molar-refractivity contribution in [3.63, 3.8) is 0 Å². The molecule has 0 aliphatic heterocycles. The van der Waals surface area contributed by atoms with Crippen molar-refractivity contribution in [2.24, 2.45) is 0 Å². The number of hydrogen-bond donors (Lipinski definition) is 1. The molecule has 0 fully saturated rings. The monoisotopic (exact) mass is 474 g/mol. The maximum atomic E-state index is 12.3. The van der Waals surface area contributed by atoms with E-state index in [-0.39, 0.29) is 12.5 Å². The molecular formula is C20H24Cl2N2O3S2. The number of nitrogens with one attached hydrogen (secondary N) is 1. The smallest absolute Gasteiger partial charge is 0.240 e. The standard InChI is InChI=1S/C20H24Cl2N2O3S2/c1-14-8-15(2)10-18(9-14)24(29(3,26)27)12-20(25)23-6-7-28-13-16-4-5-17(21)11-19(16)22/h4-5,8-11H,6-7,12-13H2,1-3H3,(H,23,25). The fraction of sp³-hybridized carbons (Fsp3) is 0.350. The minimum absolute atomic E-state index is 0.255. The summed E-state index contributed by atoms with van der Waals surface area (Å²) < 4.78 is 25.5. The van der Waals surface area contributed by atoms with Gasteiger partial charge in [0, 0.05) is 28.1 Å². The zero-order valence-electron chi connectivity index (χ0n) is 16.5. The normalized spacial score (nSPS) is 11.3. The Morgan fingerprint density at radius 3 is 2.34 bits per heavy atom. The third-order valence-electron chi connectivity index (χ3n) is 4.02. The lowest BCUT2D eigenvalue weighted by Crippen LogP contribution is -2.41. The van der Waals surface area contributed by atoms with Gasteiger partial charge >= 0.3 is 0 Å². The predicted molar refractivity (Wildman–Crippen MR) is 124 cm³/mol. The molecule has 0 atom stereocenters. The number of benzene rings is 2. The zero-order chi connectivity index (χ0) is 21.6. The molecule has 2 aromatic rings. The zero-order valence-corrected chi connectivity index (χ0v) is 19.7. The van der Waals surface area contributed by atoms with Crippen LogP contribution in [0.5, 0.6) is 0 Å². The highest BCUT2D eigenvalue weighted by Gasteiger charge is 2.21. The maximum absolute atomic E-state index is 12.3. The highest BCUT2D eigenvalue weighted by atomic mass is 35.5. The molecule has 9 heteroatoms. The van der Waals surface area contributed by atoms with Gasteiger partial charge in [0.15, 0.2) is 0 Å². The van der Waals surface area contributed by atoms with Gasteiger partial charge < -0.3 is 5.32 Å². The Bertz CT molecular complexity index is 961. The van der Waals surface area contributed by atoms with Gasteiger partial charge in [-0.25, -0.2) is 8.42 Å². The molecule has 0 unspecified atom stereocenters. The average Bonchev–Trinajstić information content (AvgIpc) is 2.59. The van der Waals surface area contributed by atoms with Gasteiger partial charge in [0.05, 0.1) is 11.9 Å². The third kappa shape index (κ3) is 7.74. The van der Waals surface area contributed by atoms with Crippen molar-refractivity contribution in [2.75, 3.05) is 29.4 Å². The van der Waals surface area contributed by atoms with Gasteiger partial charge in [0.25, 0.3) is 0 Å². The Morgan fingerprint density at radius 2 is 1.76 bits per heavy atom. The highest BCUT2D eigenvalue weighted by Crippen LogP contribution is 2.24. The largest absolute Gasteiger partial charge is 0.354 e. The quantitative estimate of drug-likeness (QED) is 0.545. The number of carbonyl (C=O) groups excluding carboxylic acids is 1. The van der Waals surface area contributed by atoms with E-state index < -0.39 is 10.0 Å². The molecule has 158 valence electrons. The lowest BCUT2D eigenvalue weighted by Gasteiger charge is -2.22. The number of rotatable bonds is 9. The summed E-state index contributed by atoms with van der Waals surface area (Å²) in [5, 5.41) is 3.98. The van der Waals surface area contributed by atoms with Gasteiger partial charge in [-0.1, -0.05) is 35.3 Å². The average molecular weight is 475 g/mol. The summed E-state index contributed by atoms with van der Waals surface area (Å²) in [6.07, 6.45) is 1.10. The van der Waals surface area contributed by atoms with Crippen LogP contribution < -0.4 is 9.62 Å². The molecular weight excluding hydrogens is 451 g/mol. The van der Waals surface area contributed by atoms with E-state index in [9.17, 15) is 13.2 Å². The van der Waals surface area contributed by atoms with Gasteiger partial charge in [0.1, 0.15) is 6.54 Å². The molecule has 0 radical (unpaired) electrons. The van der Waals surface area contributed by atoms with Crippen LogP contribution >= 0.6 is 35.0 Å². The van der Waals surface area contributed by atoms with E-state index in [2.05, 4.69) is 5.32 Å². The molecule has 5 nitrogen and oxygen atoms in total. The molecule has 0 spiro atoms. The van der Waals surface area contributed by atoms with Crippen molar-refractivity contribution in [3.05, 3.63) is 63.1 Å². The first-order valence-electron chi connectivity index (χ1n) is 8.90. The molecule has 0 saturated heterocycles. The number of anilines is 1. The predicted octanol–water partition coefficient (Wildman–Crippen LogP) is 4.43. The summed E-state index contributed by atoms with van der Waals surface area (Å²) in [6.45, 7) is 3.96. The van der Waals surface area contributed by atoms with E-state index in [1.807, 2.05) is 26.0 Å². The molecule has 0 saturated carbocycles. The number of nitrogens with zero attached hydrogens (tertiary/aromatic N) is 1. The van der Waals surface area contributed by atoms with E-state index in [0.29, 0.717) is 33.8 Å². The van der Waals surface area contributed by atoms with E-state index in [1.54, 1.807) is 36.0 Å². The van der Waals surface area contributed by atoms with Crippen LogP contribution in [0.3, 0.4) is 0 Å². The van der Waals surface area contributed by atoms with Crippen molar-refractivity contribution in [2.45, 2.75) is 19.6 Å². The molecule has 2 aromatic carbocycles. The van der Waals surface area contributed by atoms with Crippen LogP contribution in [0.1, 0.15) is 16.7 Å². The van der Waals surface area contributed by atoms with Gasteiger partial charge in [0.2, 0.25) is 15.9 Å². The number of carbonyl (C=O) groups is 1. The minimum atomic E-state index is -3.58. The van der Waals surface area contributed by atoms with E-state index in [1.165, 1.54) is 0 Å². The number of amides is 1. The molecule has 0 aliphatic carbocycles. The van der Waals surface area contributed by atoms with Crippen LogP contribution in [-0.2, 0) is 20.6 Å². The summed E-state index contributed by atoms with van der Waals surface area (Å²) >= 11 is 13.6.